The van der Waals surface area contributed by atoms with Gasteiger partial charge in [-0.25, -0.2) is 0 Å². The number of hydrogen-bond acceptors (Lipinski definition) is 5. The van der Waals surface area contributed by atoms with Crippen molar-refractivity contribution in [2.45, 2.75) is 26.3 Å². The number of carbonyl (C=O) groups excluding carboxylic acids is 1. The molecule has 1 heterocycles. The molecular formula is C25H34ClN3O3. The first-order chi connectivity index (χ1) is 15.6. The molecule has 1 amide bonds. The Morgan fingerprint density at radius 2 is 1.78 bits per heavy atom. The Hall–Kier alpha value is -2.28. The van der Waals surface area contributed by atoms with Crippen LogP contribution in [-0.4, -0.2) is 68.7 Å². The van der Waals surface area contributed by atoms with Crippen LogP contribution < -0.4 is 14.8 Å². The summed E-state index contributed by atoms with van der Waals surface area (Å²) in [5.74, 6) is 0.788. The minimum absolute atomic E-state index is 0.150. The predicted octanol–water partition coefficient (Wildman–Crippen LogP) is 4.08. The average molecular weight is 460 g/mol. The van der Waals surface area contributed by atoms with Crippen LogP contribution in [-0.2, 0) is 6.54 Å². The molecule has 7 heteroatoms. The number of benzene rings is 2. The van der Waals surface area contributed by atoms with Crippen molar-refractivity contribution in [1.29, 1.82) is 0 Å². The molecule has 1 N–H and O–H groups in total. The number of nitrogens with zero attached hydrogens (tertiary/aromatic N) is 2. The third kappa shape index (κ3) is 7.12. The van der Waals surface area contributed by atoms with Crippen molar-refractivity contribution < 1.29 is 14.3 Å². The number of halogens is 1. The highest BCUT2D eigenvalue weighted by Crippen LogP contribution is 2.36. The summed E-state index contributed by atoms with van der Waals surface area (Å²) in [5, 5.41) is 3.36. The lowest BCUT2D eigenvalue weighted by atomic mass is 10.1. The maximum absolute atomic E-state index is 12.5. The number of rotatable bonds is 11. The molecule has 0 radical (unpaired) electrons. The van der Waals surface area contributed by atoms with E-state index >= 15 is 0 Å². The van der Waals surface area contributed by atoms with Gasteiger partial charge in [0.15, 0.2) is 11.5 Å². The van der Waals surface area contributed by atoms with Gasteiger partial charge in [0, 0.05) is 44.8 Å². The van der Waals surface area contributed by atoms with Gasteiger partial charge in [-0.05, 0) is 44.0 Å². The molecule has 2 aromatic rings. The quantitative estimate of drug-likeness (QED) is 0.513. The lowest BCUT2D eigenvalue weighted by Gasteiger charge is -2.34. The van der Waals surface area contributed by atoms with Crippen LogP contribution in [0.1, 0.15) is 35.7 Å². The van der Waals surface area contributed by atoms with E-state index in [1.54, 1.807) is 12.1 Å². The molecule has 2 aromatic carbocycles. The highest BCUT2D eigenvalue weighted by Gasteiger charge is 2.17. The Morgan fingerprint density at radius 1 is 1.06 bits per heavy atom. The van der Waals surface area contributed by atoms with E-state index in [2.05, 4.69) is 45.4 Å². The predicted molar refractivity (Wildman–Crippen MR) is 129 cm³/mol. The number of nitrogens with one attached hydrogen (secondary N) is 1. The molecule has 1 aliphatic rings. The van der Waals surface area contributed by atoms with E-state index in [1.165, 1.54) is 12.7 Å². The maximum Gasteiger partial charge on any atom is 0.251 e. The van der Waals surface area contributed by atoms with Gasteiger partial charge in [0.05, 0.1) is 18.7 Å². The summed E-state index contributed by atoms with van der Waals surface area (Å²) in [6.07, 6.45) is 2.00. The SMILES string of the molecule is CCOc1c(Cl)cc(C(=O)NCCCCN2CCN(Cc3ccccc3)CC2)cc1OC. The highest BCUT2D eigenvalue weighted by molar-refractivity contribution is 6.32. The number of ether oxygens (including phenoxy) is 2. The van der Waals surface area contributed by atoms with Crippen molar-refractivity contribution in [3.63, 3.8) is 0 Å². The summed E-state index contributed by atoms with van der Waals surface area (Å²) in [5.41, 5.74) is 1.85. The number of amides is 1. The second kappa shape index (κ2) is 12.7. The number of unbranched alkanes of at least 4 members (excludes halogenated alkanes) is 1. The summed E-state index contributed by atoms with van der Waals surface area (Å²) in [4.78, 5) is 17.5. The van der Waals surface area contributed by atoms with Crippen LogP contribution in [0.5, 0.6) is 11.5 Å². The molecule has 0 spiro atoms. The molecule has 174 valence electrons. The molecule has 1 aliphatic heterocycles. The molecule has 0 saturated carbocycles. The van der Waals surface area contributed by atoms with E-state index < -0.39 is 0 Å². The van der Waals surface area contributed by atoms with E-state index in [0.29, 0.717) is 35.2 Å². The van der Waals surface area contributed by atoms with Crippen molar-refractivity contribution in [3.8, 4) is 11.5 Å². The van der Waals surface area contributed by atoms with Crippen LogP contribution >= 0.6 is 11.6 Å². The van der Waals surface area contributed by atoms with Crippen LogP contribution in [0.2, 0.25) is 5.02 Å². The smallest absolute Gasteiger partial charge is 0.251 e. The average Bonchev–Trinajstić information content (AvgIpc) is 2.81. The van der Waals surface area contributed by atoms with Crippen molar-refractivity contribution in [1.82, 2.24) is 15.1 Å². The van der Waals surface area contributed by atoms with E-state index in [0.717, 1.165) is 52.1 Å². The Bertz CT molecular complexity index is 855. The topological polar surface area (TPSA) is 54.0 Å². The zero-order valence-electron chi connectivity index (χ0n) is 19.1. The summed E-state index contributed by atoms with van der Waals surface area (Å²) in [6.45, 7) is 9.49. The third-order valence-electron chi connectivity index (χ3n) is 5.68. The zero-order valence-corrected chi connectivity index (χ0v) is 19.9. The van der Waals surface area contributed by atoms with Gasteiger partial charge in [-0.3, -0.25) is 9.69 Å². The number of hydrogen-bond donors (Lipinski definition) is 1. The molecule has 0 atom stereocenters. The van der Waals surface area contributed by atoms with Crippen molar-refractivity contribution >= 4 is 17.5 Å². The van der Waals surface area contributed by atoms with E-state index in [-0.39, 0.29) is 5.91 Å². The maximum atomic E-state index is 12.5. The number of carbonyl (C=O) groups is 1. The van der Waals surface area contributed by atoms with E-state index in [4.69, 9.17) is 21.1 Å². The van der Waals surface area contributed by atoms with Crippen molar-refractivity contribution in [2.24, 2.45) is 0 Å². The van der Waals surface area contributed by atoms with Crippen LogP contribution in [0.15, 0.2) is 42.5 Å². The standard InChI is InChI=1S/C25H34ClN3O3/c1-3-32-24-22(26)17-21(18-23(24)31-2)25(30)27-11-7-8-12-28-13-15-29(16-14-28)19-20-9-5-4-6-10-20/h4-6,9-10,17-18H,3,7-8,11-16,19H2,1-2H3,(H,27,30). The van der Waals surface area contributed by atoms with Gasteiger partial charge in [-0.2, -0.15) is 0 Å². The Balaban J connectivity index is 1.34. The van der Waals surface area contributed by atoms with Crippen LogP contribution in [0.4, 0.5) is 0 Å². The Morgan fingerprint density at radius 3 is 2.47 bits per heavy atom. The molecule has 6 nitrogen and oxygen atoms in total. The number of methoxy groups -OCH3 is 1. The van der Waals surface area contributed by atoms with Gasteiger partial charge in [0.1, 0.15) is 0 Å². The molecule has 32 heavy (non-hydrogen) atoms. The molecule has 0 aromatic heterocycles. The first-order valence-corrected chi connectivity index (χ1v) is 11.8. The van der Waals surface area contributed by atoms with Gasteiger partial charge < -0.3 is 19.7 Å². The van der Waals surface area contributed by atoms with Gasteiger partial charge in [0.2, 0.25) is 0 Å². The fraction of sp³-hybridized carbons (Fsp3) is 0.480. The minimum Gasteiger partial charge on any atom is -0.493 e. The van der Waals surface area contributed by atoms with Crippen LogP contribution in [0, 0.1) is 0 Å². The molecule has 1 fully saturated rings. The molecule has 1 saturated heterocycles. The van der Waals surface area contributed by atoms with Gasteiger partial charge in [-0.1, -0.05) is 41.9 Å². The fourth-order valence-corrected chi connectivity index (χ4v) is 4.18. The molecule has 0 aliphatic carbocycles. The molecule has 3 rings (SSSR count). The summed E-state index contributed by atoms with van der Waals surface area (Å²) < 4.78 is 10.8. The molecule has 0 bridgehead atoms. The van der Waals surface area contributed by atoms with E-state index in [1.807, 2.05) is 6.92 Å². The summed E-state index contributed by atoms with van der Waals surface area (Å²) in [7, 11) is 1.54. The summed E-state index contributed by atoms with van der Waals surface area (Å²) >= 11 is 6.27. The Kier molecular flexibility index (Phi) is 9.65. The molecular weight excluding hydrogens is 426 g/mol. The van der Waals surface area contributed by atoms with Crippen molar-refractivity contribution in [3.05, 3.63) is 58.6 Å². The lowest BCUT2D eigenvalue weighted by Crippen LogP contribution is -2.46. The highest BCUT2D eigenvalue weighted by atomic mass is 35.5. The van der Waals surface area contributed by atoms with Gasteiger partial charge in [-0.15, -0.1) is 0 Å². The summed E-state index contributed by atoms with van der Waals surface area (Å²) in [6, 6.07) is 13.9. The fourth-order valence-electron chi connectivity index (χ4n) is 3.91. The second-order valence-corrected chi connectivity index (χ2v) is 8.40. The van der Waals surface area contributed by atoms with Crippen molar-refractivity contribution in [2.75, 3.05) is 53.0 Å². The number of piperazine rings is 1. The monoisotopic (exact) mass is 459 g/mol. The molecule has 0 unspecified atom stereocenters. The second-order valence-electron chi connectivity index (χ2n) is 7.99. The van der Waals surface area contributed by atoms with Gasteiger partial charge in [0.25, 0.3) is 5.91 Å². The lowest BCUT2D eigenvalue weighted by molar-refractivity contribution is 0.0950. The Labute approximate surface area is 196 Å². The largest absolute Gasteiger partial charge is 0.493 e. The van der Waals surface area contributed by atoms with E-state index in [9.17, 15) is 4.79 Å². The zero-order chi connectivity index (χ0) is 22.8. The normalized spacial score (nSPS) is 14.8. The first kappa shape index (κ1) is 24.4. The van der Waals surface area contributed by atoms with Crippen LogP contribution in [0.3, 0.4) is 0 Å². The van der Waals surface area contributed by atoms with Gasteiger partial charge >= 0.3 is 0 Å². The minimum atomic E-state index is -0.150. The third-order valence-corrected chi connectivity index (χ3v) is 5.96. The van der Waals surface area contributed by atoms with Crippen LogP contribution in [0.25, 0.3) is 0 Å². The first-order valence-electron chi connectivity index (χ1n) is 11.4.